The highest BCUT2D eigenvalue weighted by Crippen LogP contribution is 2.31. The number of carboxylic acids is 1. The Hall–Kier alpha value is -4.20. The SMILES string of the molecule is Cc1cc(CCNc2ccc(F)cc2C(=O)O)c2oc(N3Cc4ccc(F)cc4C3)cc(=O)c2c1. The molecule has 4 aromatic rings. The van der Waals surface area contributed by atoms with Gasteiger partial charge in [-0.05, 0) is 72.0 Å². The van der Waals surface area contributed by atoms with Crippen molar-refractivity contribution in [2.45, 2.75) is 26.4 Å². The van der Waals surface area contributed by atoms with Gasteiger partial charge in [-0.15, -0.1) is 0 Å². The summed E-state index contributed by atoms with van der Waals surface area (Å²) < 4.78 is 33.3. The summed E-state index contributed by atoms with van der Waals surface area (Å²) in [6.45, 7) is 3.17. The average molecular weight is 476 g/mol. The summed E-state index contributed by atoms with van der Waals surface area (Å²) in [6.07, 6.45) is 0.437. The van der Waals surface area contributed by atoms with Gasteiger partial charge in [0.05, 0.1) is 10.9 Å². The minimum atomic E-state index is -1.23. The van der Waals surface area contributed by atoms with Gasteiger partial charge in [0.15, 0.2) is 5.43 Å². The molecule has 0 bridgehead atoms. The predicted octanol–water partition coefficient (Wildman–Crippen LogP) is 5.25. The maximum atomic E-state index is 13.6. The van der Waals surface area contributed by atoms with Gasteiger partial charge in [0.1, 0.15) is 17.2 Å². The molecule has 0 unspecified atom stereocenters. The van der Waals surface area contributed by atoms with Crippen molar-refractivity contribution in [3.63, 3.8) is 0 Å². The molecule has 5 rings (SSSR count). The zero-order valence-corrected chi connectivity index (χ0v) is 18.9. The van der Waals surface area contributed by atoms with E-state index in [0.29, 0.717) is 48.6 Å². The molecule has 2 N–H and O–H groups in total. The quantitative estimate of drug-likeness (QED) is 0.395. The first-order valence-corrected chi connectivity index (χ1v) is 11.1. The summed E-state index contributed by atoms with van der Waals surface area (Å²) in [5.41, 5.74) is 3.95. The minimum Gasteiger partial charge on any atom is -0.478 e. The number of carboxylic acid groups (broad SMARTS) is 1. The average Bonchev–Trinajstić information content (AvgIpc) is 3.23. The zero-order valence-electron chi connectivity index (χ0n) is 18.9. The van der Waals surface area contributed by atoms with E-state index in [0.717, 1.165) is 28.3 Å². The summed E-state index contributed by atoms with van der Waals surface area (Å²) in [6, 6.07) is 13.4. The van der Waals surface area contributed by atoms with Crippen LogP contribution in [0.4, 0.5) is 20.4 Å². The molecule has 0 aliphatic carbocycles. The molecule has 8 heteroatoms. The molecule has 0 saturated carbocycles. The van der Waals surface area contributed by atoms with E-state index in [9.17, 15) is 23.5 Å². The van der Waals surface area contributed by atoms with Gasteiger partial charge in [-0.1, -0.05) is 12.1 Å². The summed E-state index contributed by atoms with van der Waals surface area (Å²) in [7, 11) is 0. The van der Waals surface area contributed by atoms with Crippen LogP contribution in [-0.2, 0) is 19.5 Å². The van der Waals surface area contributed by atoms with Crippen LogP contribution >= 0.6 is 0 Å². The molecule has 178 valence electrons. The first-order chi connectivity index (χ1) is 16.8. The largest absolute Gasteiger partial charge is 0.478 e. The number of rotatable bonds is 6. The number of nitrogens with one attached hydrogen (secondary N) is 1. The monoisotopic (exact) mass is 476 g/mol. The molecular weight excluding hydrogens is 454 g/mol. The highest BCUT2D eigenvalue weighted by Gasteiger charge is 2.23. The van der Waals surface area contributed by atoms with Crippen LogP contribution < -0.4 is 15.6 Å². The van der Waals surface area contributed by atoms with E-state index in [2.05, 4.69) is 5.32 Å². The lowest BCUT2D eigenvalue weighted by atomic mass is 10.0. The van der Waals surface area contributed by atoms with E-state index >= 15 is 0 Å². The third-order valence-electron chi connectivity index (χ3n) is 6.16. The first-order valence-electron chi connectivity index (χ1n) is 11.1. The van der Waals surface area contributed by atoms with Gasteiger partial charge in [-0.25, -0.2) is 13.6 Å². The number of fused-ring (bicyclic) bond motifs is 2. The normalized spacial score (nSPS) is 12.7. The molecule has 0 amide bonds. The van der Waals surface area contributed by atoms with Crippen molar-refractivity contribution in [2.75, 3.05) is 16.8 Å². The van der Waals surface area contributed by atoms with Gasteiger partial charge in [0.25, 0.3) is 0 Å². The van der Waals surface area contributed by atoms with Crippen LogP contribution in [0.3, 0.4) is 0 Å². The lowest BCUT2D eigenvalue weighted by molar-refractivity contribution is 0.0697. The van der Waals surface area contributed by atoms with E-state index in [1.165, 1.54) is 30.3 Å². The first kappa shape index (κ1) is 22.6. The van der Waals surface area contributed by atoms with Crippen LogP contribution in [0.1, 0.15) is 32.6 Å². The highest BCUT2D eigenvalue weighted by atomic mass is 19.1. The number of hydrogen-bond acceptors (Lipinski definition) is 5. The number of hydrogen-bond donors (Lipinski definition) is 2. The number of carbonyl (C=O) groups is 1. The molecule has 1 aromatic heterocycles. The van der Waals surface area contributed by atoms with Gasteiger partial charge in [-0.3, -0.25) is 4.79 Å². The summed E-state index contributed by atoms with van der Waals surface area (Å²) in [5, 5.41) is 12.8. The lowest BCUT2D eigenvalue weighted by Gasteiger charge is -2.17. The van der Waals surface area contributed by atoms with Crippen molar-refractivity contribution in [2.24, 2.45) is 0 Å². The number of nitrogens with zero attached hydrogens (tertiary/aromatic N) is 1. The van der Waals surface area contributed by atoms with Crippen molar-refractivity contribution in [3.05, 3.63) is 104 Å². The van der Waals surface area contributed by atoms with E-state index in [-0.39, 0.29) is 16.8 Å². The number of aryl methyl sites for hydroxylation is 1. The molecule has 35 heavy (non-hydrogen) atoms. The number of benzene rings is 3. The van der Waals surface area contributed by atoms with E-state index in [1.807, 2.05) is 17.9 Å². The Bertz CT molecular complexity index is 1530. The Morgan fingerprint density at radius 3 is 2.57 bits per heavy atom. The van der Waals surface area contributed by atoms with Crippen molar-refractivity contribution >= 4 is 28.5 Å². The van der Waals surface area contributed by atoms with Crippen LogP contribution in [-0.4, -0.2) is 17.6 Å². The fourth-order valence-electron chi connectivity index (χ4n) is 4.52. The fraction of sp³-hybridized carbons (Fsp3) is 0.185. The molecule has 1 aliphatic rings. The second-order valence-electron chi connectivity index (χ2n) is 8.69. The van der Waals surface area contributed by atoms with Crippen molar-refractivity contribution in [3.8, 4) is 0 Å². The molecule has 1 aliphatic heterocycles. The number of halogens is 2. The van der Waals surface area contributed by atoms with Crippen molar-refractivity contribution in [1.82, 2.24) is 0 Å². The van der Waals surface area contributed by atoms with Gasteiger partial charge >= 0.3 is 5.97 Å². The van der Waals surface area contributed by atoms with Crippen LogP contribution in [0.15, 0.2) is 63.8 Å². The van der Waals surface area contributed by atoms with Gasteiger partial charge in [0, 0.05) is 31.4 Å². The van der Waals surface area contributed by atoms with E-state index in [4.69, 9.17) is 4.42 Å². The molecular formula is C27H22F2N2O4. The minimum absolute atomic E-state index is 0.155. The molecule has 0 spiro atoms. The summed E-state index contributed by atoms with van der Waals surface area (Å²) in [4.78, 5) is 26.3. The molecule has 0 fully saturated rings. The summed E-state index contributed by atoms with van der Waals surface area (Å²) in [5.74, 6) is -1.75. The Morgan fingerprint density at radius 2 is 1.77 bits per heavy atom. The smallest absolute Gasteiger partial charge is 0.337 e. The molecule has 6 nitrogen and oxygen atoms in total. The lowest BCUT2D eigenvalue weighted by Crippen LogP contribution is -2.17. The zero-order chi connectivity index (χ0) is 24.7. The molecule has 3 aromatic carbocycles. The Labute approximate surface area is 199 Å². The molecule has 2 heterocycles. The van der Waals surface area contributed by atoms with Crippen molar-refractivity contribution < 1.29 is 23.1 Å². The Kier molecular flexibility index (Phi) is 5.72. The third-order valence-corrected chi connectivity index (χ3v) is 6.16. The topological polar surface area (TPSA) is 82.8 Å². The second-order valence-corrected chi connectivity index (χ2v) is 8.69. The van der Waals surface area contributed by atoms with Gasteiger partial charge in [0.2, 0.25) is 5.88 Å². The highest BCUT2D eigenvalue weighted by molar-refractivity contribution is 5.94. The van der Waals surface area contributed by atoms with Crippen molar-refractivity contribution in [1.29, 1.82) is 0 Å². The number of aromatic carboxylic acids is 1. The maximum absolute atomic E-state index is 13.6. The van der Waals surface area contributed by atoms with Gasteiger partial charge in [-0.2, -0.15) is 0 Å². The van der Waals surface area contributed by atoms with Crippen LogP contribution in [0.2, 0.25) is 0 Å². The maximum Gasteiger partial charge on any atom is 0.337 e. The molecule has 0 atom stereocenters. The van der Waals surface area contributed by atoms with E-state index in [1.54, 1.807) is 12.1 Å². The molecule has 0 saturated heterocycles. The van der Waals surface area contributed by atoms with Crippen LogP contribution in [0.5, 0.6) is 0 Å². The predicted molar refractivity (Wildman–Crippen MR) is 129 cm³/mol. The second kappa shape index (κ2) is 8.87. The van der Waals surface area contributed by atoms with E-state index < -0.39 is 11.8 Å². The number of anilines is 2. The third kappa shape index (κ3) is 4.47. The molecule has 0 radical (unpaired) electrons. The van der Waals surface area contributed by atoms with Gasteiger partial charge < -0.3 is 19.7 Å². The summed E-state index contributed by atoms with van der Waals surface area (Å²) >= 11 is 0. The standard InChI is InChI=1S/C27H22F2N2O4/c1-15-8-16(6-7-30-23-5-4-20(29)11-21(23)27(33)34)26-22(9-15)24(32)12-25(35-26)31-13-17-2-3-19(28)10-18(17)14-31/h2-5,8-12,30H,6-7,13-14H2,1H3,(H,33,34). The Balaban J connectivity index is 1.44. The van der Waals surface area contributed by atoms with Crippen LogP contribution in [0, 0.1) is 18.6 Å². The van der Waals surface area contributed by atoms with Crippen LogP contribution in [0.25, 0.3) is 11.0 Å². The fourth-order valence-corrected chi connectivity index (χ4v) is 4.52. The Morgan fingerprint density at radius 1 is 1.03 bits per heavy atom.